The van der Waals surface area contributed by atoms with E-state index in [1.54, 1.807) is 30.3 Å². The predicted molar refractivity (Wildman–Crippen MR) is 274 cm³/mol. The molecule has 5 aromatic rings. The summed E-state index contributed by atoms with van der Waals surface area (Å²) < 4.78 is 4.32. The molecular formula is C45H44Cl4N11NaO14. The monoisotopic (exact) mass is 1130 g/mol. The molecule has 3 unspecified atom stereocenters. The van der Waals surface area contributed by atoms with Gasteiger partial charge in [-0.25, -0.2) is 14.4 Å². The summed E-state index contributed by atoms with van der Waals surface area (Å²) in [4.78, 5) is 122. The fraction of sp³-hybridized carbons (Fsp3) is 0.200. The molecule has 8 rings (SSSR count). The smallest absolute Gasteiger partial charge is 0.478 e. The van der Waals surface area contributed by atoms with Gasteiger partial charge in [-0.3, -0.25) is 49.2 Å². The molecule has 3 fully saturated rings. The minimum Gasteiger partial charge on any atom is -0.478 e. The first-order chi connectivity index (χ1) is 34.8. The second-order valence-corrected chi connectivity index (χ2v) is 17.0. The van der Waals surface area contributed by atoms with E-state index >= 15 is 0 Å². The van der Waals surface area contributed by atoms with Crippen molar-refractivity contribution >= 4 is 122 Å². The van der Waals surface area contributed by atoms with Crippen LogP contribution in [0.2, 0.25) is 20.1 Å². The number of carbonyl (C=O) groups excluding carboxylic acids is 7. The number of aromatic amines is 1. The van der Waals surface area contributed by atoms with E-state index in [1.807, 2.05) is 0 Å². The average Bonchev–Trinajstić information content (AvgIpc) is 3.33. The van der Waals surface area contributed by atoms with E-state index < -0.39 is 53.1 Å². The second kappa shape index (κ2) is 30.7. The van der Waals surface area contributed by atoms with Gasteiger partial charge in [0.1, 0.15) is 12.1 Å². The number of piperidine rings is 3. The number of H-pyrrole nitrogens is 1. The number of imide groups is 2. The molecule has 30 heteroatoms. The van der Waals surface area contributed by atoms with Crippen molar-refractivity contribution in [2.45, 2.75) is 56.7 Å². The Balaban J connectivity index is 0.000000323. The van der Waals surface area contributed by atoms with Crippen molar-refractivity contribution in [1.82, 2.24) is 31.6 Å². The normalized spacial score (nSPS) is 16.3. The van der Waals surface area contributed by atoms with Crippen LogP contribution in [-0.2, 0) is 24.0 Å². The molecule has 3 saturated heterocycles. The molecule has 0 spiro atoms. The zero-order valence-corrected chi connectivity index (χ0v) is 44.2. The third kappa shape index (κ3) is 20.8. The number of hydrogen-bond acceptors (Lipinski definition) is 18. The number of carboxylic acid groups (broad SMARTS) is 1. The number of allylic oxidation sites excluding steroid dienone is 1. The summed E-state index contributed by atoms with van der Waals surface area (Å²) >= 11 is 22.8. The molecule has 7 amide bonds. The standard InChI is InChI=1S/2C12H12ClN3O3.C8H4ClNO3.C7H6ClNO2.C6H10N2O.HNO2.Na/c2*13-6-1-2-8(14)7(5-6)11(18)15-9-3-4-10(17)16-12(9)19;9-4-1-2-6-5(3-4)7(11)13-8(12)10-6;8-4-1-2-6(9)5(3-4)7(10)11;1-4-2-3-5(7)6(9)8-4;2-1-3;/h2*1-2,5,9H,3-4,14H2,(H,15,18)(H,16,17,19);1-3H,(H,10,12);1-3H,9H2,(H,10,11);5H,1-3,7H2,(H,8,9);(H,2,3);/q;;;;;;+1/p-1. The fourth-order valence-electron chi connectivity index (χ4n) is 6.16. The van der Waals surface area contributed by atoms with Crippen molar-refractivity contribution in [2.24, 2.45) is 11.1 Å². The van der Waals surface area contributed by atoms with E-state index in [4.69, 9.17) is 84.6 Å². The summed E-state index contributed by atoms with van der Waals surface area (Å²) in [6.07, 6.45) is 2.48. The Morgan fingerprint density at radius 3 is 1.43 bits per heavy atom. The molecular weight excluding hydrogens is 1080 g/mol. The molecule has 0 radical (unpaired) electrons. The minimum atomic E-state index is -1.06. The van der Waals surface area contributed by atoms with E-state index in [2.05, 4.69) is 42.6 Å². The van der Waals surface area contributed by atoms with Gasteiger partial charge in [-0.1, -0.05) is 53.0 Å². The number of halogens is 4. The maximum atomic E-state index is 12.0. The first-order valence-corrected chi connectivity index (χ1v) is 22.5. The Morgan fingerprint density at radius 2 is 1.04 bits per heavy atom. The molecule has 0 bridgehead atoms. The molecule has 3 aliphatic rings. The second-order valence-electron chi connectivity index (χ2n) is 15.3. The molecule has 4 aromatic carbocycles. The van der Waals surface area contributed by atoms with Crippen LogP contribution in [0.15, 0.2) is 104 Å². The molecule has 0 aliphatic carbocycles. The number of aromatic carboxylic acids is 1. The third-order valence-corrected chi connectivity index (χ3v) is 10.8. The van der Waals surface area contributed by atoms with Crippen molar-refractivity contribution in [3.63, 3.8) is 0 Å². The molecule has 0 saturated carbocycles. The number of nitrogen functional groups attached to an aromatic ring is 3. The number of nitrogens with zero attached hydrogens (tertiary/aromatic N) is 1. The van der Waals surface area contributed by atoms with E-state index in [9.17, 15) is 47.9 Å². The number of nitrogens with two attached hydrogens (primary N) is 4. The van der Waals surface area contributed by atoms with Gasteiger partial charge >= 0.3 is 46.9 Å². The van der Waals surface area contributed by atoms with Gasteiger partial charge in [0.2, 0.25) is 29.5 Å². The topological polar surface area (TPSA) is 437 Å². The van der Waals surface area contributed by atoms with Crippen LogP contribution in [0, 0.1) is 10.1 Å². The molecule has 392 valence electrons. The Hall–Kier alpha value is -7.36. The fourth-order valence-corrected chi connectivity index (χ4v) is 6.85. The Morgan fingerprint density at radius 1 is 0.640 bits per heavy atom. The molecule has 15 N–H and O–H groups in total. The van der Waals surface area contributed by atoms with Gasteiger partial charge in [0.25, 0.3) is 11.8 Å². The van der Waals surface area contributed by atoms with Crippen LogP contribution in [0.25, 0.3) is 10.9 Å². The van der Waals surface area contributed by atoms with Crippen LogP contribution in [-0.4, -0.2) is 75.5 Å². The van der Waals surface area contributed by atoms with Gasteiger partial charge < -0.3 is 58.5 Å². The largest absolute Gasteiger partial charge is 1.00 e. The number of anilines is 3. The summed E-state index contributed by atoms with van der Waals surface area (Å²) in [5, 5.41) is 31.3. The average molecular weight is 1130 g/mol. The number of rotatable bonds is 5. The number of benzene rings is 4. The first kappa shape index (κ1) is 63.8. The minimum absolute atomic E-state index is 0. The molecule has 25 nitrogen and oxygen atoms in total. The molecule has 3 aliphatic heterocycles. The predicted octanol–water partition coefficient (Wildman–Crippen LogP) is 0.662. The Labute approximate surface area is 465 Å². The van der Waals surface area contributed by atoms with Crippen molar-refractivity contribution in [1.29, 1.82) is 0 Å². The number of aromatic nitrogens is 1. The van der Waals surface area contributed by atoms with E-state index in [-0.39, 0.29) is 118 Å². The number of carbonyl (C=O) groups is 8. The van der Waals surface area contributed by atoms with Crippen LogP contribution < -0.4 is 90.5 Å². The van der Waals surface area contributed by atoms with Crippen LogP contribution in [0.3, 0.4) is 0 Å². The number of carboxylic acids is 1. The van der Waals surface area contributed by atoms with Crippen LogP contribution in [0.5, 0.6) is 0 Å². The summed E-state index contributed by atoms with van der Waals surface area (Å²) in [5.41, 5.74) is 23.8. The summed E-state index contributed by atoms with van der Waals surface area (Å²) in [7, 11) is 0. The van der Waals surface area contributed by atoms with Crippen LogP contribution in [0.1, 0.15) is 69.6 Å². The van der Waals surface area contributed by atoms with Crippen molar-refractivity contribution in [3.05, 3.63) is 153 Å². The van der Waals surface area contributed by atoms with Crippen LogP contribution >= 0.6 is 46.4 Å². The maximum Gasteiger partial charge on any atom is 1.00 e. The molecule has 3 atom stereocenters. The van der Waals surface area contributed by atoms with Gasteiger partial charge in [0.15, 0.2) is 0 Å². The SMILES string of the molecule is C=C1CCC(N)C(=O)N1.Nc1ccc(Cl)cc1C(=O)NC1CCC(=O)NC1=O.Nc1ccc(Cl)cc1C(=O)NC1CCC(=O)NC1=O.Nc1ccc(Cl)cc1C(=O)O.O=N[O-].O=c1[nH]c2ccc(Cl)cc2c(=O)o1.[Na+]. The van der Waals surface area contributed by atoms with E-state index in [0.29, 0.717) is 25.6 Å². The number of fused-ring (bicyclic) bond motifs is 1. The molecule has 4 heterocycles. The first-order valence-electron chi connectivity index (χ1n) is 21.0. The van der Waals surface area contributed by atoms with Gasteiger partial charge in [0, 0.05) is 55.7 Å². The van der Waals surface area contributed by atoms with E-state index in [0.717, 1.165) is 23.9 Å². The number of amides is 7. The Kier molecular flexibility index (Phi) is 26.1. The van der Waals surface area contributed by atoms with Crippen molar-refractivity contribution < 1.29 is 77.4 Å². The molecule has 1 aromatic heterocycles. The zero-order valence-electron chi connectivity index (χ0n) is 39.1. The van der Waals surface area contributed by atoms with Gasteiger partial charge in [0.05, 0.1) is 33.6 Å². The van der Waals surface area contributed by atoms with Crippen LogP contribution in [0.4, 0.5) is 17.1 Å². The Bertz CT molecular complexity index is 3010. The maximum absolute atomic E-state index is 12.0. The molecule has 75 heavy (non-hydrogen) atoms. The summed E-state index contributed by atoms with van der Waals surface area (Å²) in [6, 6.07) is 16.1. The van der Waals surface area contributed by atoms with Gasteiger partial charge in [-0.05, 0) is 98.5 Å². The number of nitrogens with one attached hydrogen (secondary N) is 6. The summed E-state index contributed by atoms with van der Waals surface area (Å²) in [6.45, 7) is 3.61. The van der Waals surface area contributed by atoms with Gasteiger partial charge in [-0.2, -0.15) is 0 Å². The van der Waals surface area contributed by atoms with Crippen molar-refractivity contribution in [2.75, 3.05) is 17.2 Å². The number of hydrogen-bond donors (Lipinski definition) is 11. The quantitative estimate of drug-likeness (QED) is 0.0379. The van der Waals surface area contributed by atoms with Crippen molar-refractivity contribution in [3.8, 4) is 0 Å². The zero-order chi connectivity index (χ0) is 55.4. The summed E-state index contributed by atoms with van der Waals surface area (Å²) in [5.74, 6) is -4.61. The van der Waals surface area contributed by atoms with Gasteiger partial charge in [-0.15, -0.1) is 5.34 Å². The van der Waals surface area contributed by atoms with E-state index in [1.165, 1.54) is 42.5 Å². The third-order valence-electron chi connectivity index (χ3n) is 9.87.